The van der Waals surface area contributed by atoms with Crippen molar-refractivity contribution >= 4 is 37.8 Å². The third-order valence-electron chi connectivity index (χ3n) is 2.10. The Labute approximate surface area is 123 Å². The zero-order valence-corrected chi connectivity index (χ0v) is 12.5. The van der Waals surface area contributed by atoms with Gasteiger partial charge in [0.05, 0.1) is 4.47 Å². The van der Waals surface area contributed by atoms with Crippen LogP contribution in [0.25, 0.3) is 0 Å². The van der Waals surface area contributed by atoms with Crippen LogP contribution in [0, 0.1) is 0 Å². The van der Waals surface area contributed by atoms with Gasteiger partial charge in [-0.1, -0.05) is 0 Å². The summed E-state index contributed by atoms with van der Waals surface area (Å²) in [5.74, 6) is -0.617. The molecule has 1 atom stereocenters. The van der Waals surface area contributed by atoms with Gasteiger partial charge in [-0.15, -0.1) is 0 Å². The molecule has 1 rings (SSSR count). The molecule has 9 heteroatoms. The number of alkyl halides is 3. The van der Waals surface area contributed by atoms with Crippen molar-refractivity contribution in [1.29, 1.82) is 0 Å². The number of halogens is 5. The van der Waals surface area contributed by atoms with Gasteiger partial charge < -0.3 is 10.4 Å². The summed E-state index contributed by atoms with van der Waals surface area (Å²) >= 11 is 6.27. The number of nitrogens with zero attached hydrogens (tertiary/aromatic N) is 1. The molecule has 0 saturated heterocycles. The number of rotatable bonds is 4. The SMILES string of the molecule is O=C(NCC[C@@H](O)C(F)(F)F)c1ncc(Br)cc1Br. The summed E-state index contributed by atoms with van der Waals surface area (Å²) in [6.07, 6.45) is -6.34. The fourth-order valence-electron chi connectivity index (χ4n) is 1.15. The van der Waals surface area contributed by atoms with E-state index >= 15 is 0 Å². The Morgan fingerprint density at radius 1 is 1.47 bits per heavy atom. The average molecular weight is 406 g/mol. The number of amides is 1. The first-order valence-electron chi connectivity index (χ1n) is 5.06. The lowest BCUT2D eigenvalue weighted by atomic mass is 10.2. The van der Waals surface area contributed by atoms with Crippen molar-refractivity contribution in [3.8, 4) is 0 Å². The van der Waals surface area contributed by atoms with Crippen molar-refractivity contribution in [3.05, 3.63) is 26.9 Å². The van der Waals surface area contributed by atoms with E-state index in [2.05, 4.69) is 42.2 Å². The quantitative estimate of drug-likeness (QED) is 0.809. The lowest BCUT2D eigenvalue weighted by molar-refractivity contribution is -0.204. The van der Waals surface area contributed by atoms with Gasteiger partial charge >= 0.3 is 6.18 Å². The maximum Gasteiger partial charge on any atom is 0.414 e. The molecule has 0 radical (unpaired) electrons. The Hall–Kier alpha value is -0.670. The van der Waals surface area contributed by atoms with Crippen LogP contribution in [0.4, 0.5) is 13.2 Å². The van der Waals surface area contributed by atoms with E-state index in [1.807, 2.05) is 0 Å². The van der Waals surface area contributed by atoms with Crippen molar-refractivity contribution in [2.75, 3.05) is 6.54 Å². The number of hydrogen-bond acceptors (Lipinski definition) is 3. The van der Waals surface area contributed by atoms with Crippen molar-refractivity contribution < 1.29 is 23.1 Å². The van der Waals surface area contributed by atoms with Crippen LogP contribution in [0.2, 0.25) is 0 Å². The predicted octanol–water partition coefficient (Wildman–Crippen LogP) is 2.65. The van der Waals surface area contributed by atoms with E-state index in [1.54, 1.807) is 6.07 Å². The molecule has 106 valence electrons. The minimum Gasteiger partial charge on any atom is -0.384 e. The molecule has 1 aromatic rings. The third-order valence-corrected chi connectivity index (χ3v) is 3.14. The molecular formula is C10H9Br2F3N2O2. The molecule has 19 heavy (non-hydrogen) atoms. The van der Waals surface area contributed by atoms with Gasteiger partial charge in [0.1, 0.15) is 5.69 Å². The van der Waals surface area contributed by atoms with Crippen LogP contribution in [0.5, 0.6) is 0 Å². The van der Waals surface area contributed by atoms with E-state index in [9.17, 15) is 18.0 Å². The first-order chi connectivity index (χ1) is 8.71. The maximum atomic E-state index is 12.0. The highest BCUT2D eigenvalue weighted by Gasteiger charge is 2.37. The van der Waals surface area contributed by atoms with Crippen molar-refractivity contribution in [1.82, 2.24) is 10.3 Å². The van der Waals surface area contributed by atoms with Gasteiger partial charge in [0, 0.05) is 17.2 Å². The van der Waals surface area contributed by atoms with Crippen molar-refractivity contribution in [3.63, 3.8) is 0 Å². The molecule has 0 fully saturated rings. The summed E-state index contributed by atoms with van der Waals surface area (Å²) in [7, 11) is 0. The van der Waals surface area contributed by atoms with Gasteiger partial charge in [0.2, 0.25) is 0 Å². The van der Waals surface area contributed by atoms with Gasteiger partial charge in [0.25, 0.3) is 5.91 Å². The fraction of sp³-hybridized carbons (Fsp3) is 0.400. The second kappa shape index (κ2) is 6.67. The van der Waals surface area contributed by atoms with Gasteiger partial charge in [-0.2, -0.15) is 13.2 Å². The Balaban J connectivity index is 2.52. The fourth-order valence-corrected chi connectivity index (χ4v) is 2.32. The third kappa shape index (κ3) is 5.07. The molecule has 0 aliphatic heterocycles. The molecule has 0 aliphatic rings. The van der Waals surface area contributed by atoms with E-state index in [0.29, 0.717) is 8.95 Å². The topological polar surface area (TPSA) is 62.2 Å². The molecule has 0 bridgehead atoms. The summed E-state index contributed by atoms with van der Waals surface area (Å²) < 4.78 is 37.1. The molecule has 1 aromatic heterocycles. The number of nitrogens with one attached hydrogen (secondary N) is 1. The predicted molar refractivity (Wildman–Crippen MR) is 68.6 cm³/mol. The molecule has 4 nitrogen and oxygen atoms in total. The Morgan fingerprint density at radius 2 is 2.11 bits per heavy atom. The Kier molecular flexibility index (Phi) is 5.75. The first kappa shape index (κ1) is 16.4. The zero-order chi connectivity index (χ0) is 14.6. The van der Waals surface area contributed by atoms with Gasteiger partial charge in [-0.25, -0.2) is 4.98 Å². The van der Waals surface area contributed by atoms with Crippen LogP contribution in [-0.2, 0) is 0 Å². The lowest BCUT2D eigenvalue weighted by Crippen LogP contribution is -2.34. The molecule has 2 N–H and O–H groups in total. The molecule has 0 spiro atoms. The lowest BCUT2D eigenvalue weighted by Gasteiger charge is -2.14. The van der Waals surface area contributed by atoms with Gasteiger partial charge in [-0.3, -0.25) is 4.79 Å². The largest absolute Gasteiger partial charge is 0.414 e. The summed E-state index contributed by atoms with van der Waals surface area (Å²) in [5, 5.41) is 11.0. The summed E-state index contributed by atoms with van der Waals surface area (Å²) in [6.45, 7) is -0.302. The average Bonchev–Trinajstić information content (AvgIpc) is 2.27. The van der Waals surface area contributed by atoms with Crippen LogP contribution in [0.1, 0.15) is 16.9 Å². The molecule has 0 aromatic carbocycles. The second-order valence-electron chi connectivity index (χ2n) is 3.59. The number of carbonyl (C=O) groups is 1. The van der Waals surface area contributed by atoms with E-state index in [-0.39, 0.29) is 12.2 Å². The summed E-state index contributed by atoms with van der Waals surface area (Å²) in [4.78, 5) is 15.5. The molecule has 1 heterocycles. The zero-order valence-electron chi connectivity index (χ0n) is 9.34. The highest BCUT2D eigenvalue weighted by molar-refractivity contribution is 9.11. The number of aliphatic hydroxyl groups excluding tert-OH is 1. The van der Waals surface area contributed by atoms with E-state index < -0.39 is 24.6 Å². The Morgan fingerprint density at radius 3 is 2.63 bits per heavy atom. The number of aromatic nitrogens is 1. The molecular weight excluding hydrogens is 397 g/mol. The highest BCUT2D eigenvalue weighted by atomic mass is 79.9. The monoisotopic (exact) mass is 404 g/mol. The van der Waals surface area contributed by atoms with Crippen molar-refractivity contribution in [2.24, 2.45) is 0 Å². The highest BCUT2D eigenvalue weighted by Crippen LogP contribution is 2.22. The number of carbonyl (C=O) groups excluding carboxylic acids is 1. The Bertz CT molecular complexity index is 469. The van der Waals surface area contributed by atoms with Crippen LogP contribution in [0.3, 0.4) is 0 Å². The number of aliphatic hydroxyl groups is 1. The van der Waals surface area contributed by atoms with Crippen LogP contribution >= 0.6 is 31.9 Å². The van der Waals surface area contributed by atoms with Crippen LogP contribution in [-0.4, -0.2) is 34.8 Å². The maximum absolute atomic E-state index is 12.0. The normalized spacial score (nSPS) is 13.2. The second-order valence-corrected chi connectivity index (χ2v) is 5.36. The molecule has 1 amide bonds. The van der Waals surface area contributed by atoms with E-state index in [4.69, 9.17) is 5.11 Å². The molecule has 0 aliphatic carbocycles. The van der Waals surface area contributed by atoms with Gasteiger partial charge in [0.15, 0.2) is 6.10 Å². The molecule has 0 unspecified atom stereocenters. The van der Waals surface area contributed by atoms with Crippen LogP contribution < -0.4 is 5.32 Å². The first-order valence-corrected chi connectivity index (χ1v) is 6.64. The minimum atomic E-state index is -4.68. The molecule has 0 saturated carbocycles. The number of pyridine rings is 1. The van der Waals surface area contributed by atoms with Crippen LogP contribution in [0.15, 0.2) is 21.2 Å². The standard InChI is InChI=1S/C10H9Br2F3N2O2/c11-5-3-6(12)8(17-4-5)9(19)16-2-1-7(18)10(13,14)15/h3-4,7,18H,1-2H2,(H,16,19)/t7-/m1/s1. The minimum absolute atomic E-state index is 0.0599. The van der Waals surface area contributed by atoms with E-state index in [1.165, 1.54) is 6.20 Å². The summed E-state index contributed by atoms with van der Waals surface area (Å²) in [5.41, 5.74) is 0.0599. The van der Waals surface area contributed by atoms with Crippen molar-refractivity contribution in [2.45, 2.75) is 18.7 Å². The van der Waals surface area contributed by atoms with E-state index in [0.717, 1.165) is 0 Å². The number of hydrogen-bond donors (Lipinski definition) is 2. The van der Waals surface area contributed by atoms with Gasteiger partial charge in [-0.05, 0) is 44.3 Å². The smallest absolute Gasteiger partial charge is 0.384 e. The summed E-state index contributed by atoms with van der Waals surface area (Å²) in [6, 6.07) is 1.59.